The van der Waals surface area contributed by atoms with E-state index in [4.69, 9.17) is 0 Å². The maximum atomic E-state index is 3.61. The normalized spacial score (nSPS) is 35.3. The summed E-state index contributed by atoms with van der Waals surface area (Å²) in [4.78, 5) is 2.84. The van der Waals surface area contributed by atoms with Gasteiger partial charge in [-0.05, 0) is 62.8 Å². The molecule has 3 aliphatic rings. The molecule has 2 unspecified atom stereocenters. The van der Waals surface area contributed by atoms with Gasteiger partial charge in [0.2, 0.25) is 0 Å². The van der Waals surface area contributed by atoms with Crippen molar-refractivity contribution in [1.82, 2.24) is 10.2 Å². The lowest BCUT2D eigenvalue weighted by Gasteiger charge is -2.33. The van der Waals surface area contributed by atoms with Crippen LogP contribution in [0.5, 0.6) is 0 Å². The first-order valence-corrected chi connectivity index (χ1v) is 8.01. The van der Waals surface area contributed by atoms with Gasteiger partial charge in [-0.1, -0.05) is 13.8 Å². The van der Waals surface area contributed by atoms with Crippen LogP contribution in [-0.2, 0) is 0 Å². The van der Waals surface area contributed by atoms with Crippen molar-refractivity contribution in [3.8, 4) is 0 Å². The van der Waals surface area contributed by atoms with Crippen LogP contribution in [0.1, 0.15) is 52.4 Å². The van der Waals surface area contributed by atoms with Gasteiger partial charge in [0.15, 0.2) is 0 Å². The third kappa shape index (κ3) is 2.75. The Labute approximate surface area is 113 Å². The molecule has 3 rings (SSSR count). The number of nitrogens with one attached hydrogen (secondary N) is 1. The molecule has 104 valence electrons. The first-order valence-electron chi connectivity index (χ1n) is 8.01. The Morgan fingerprint density at radius 3 is 2.33 bits per heavy atom. The molecule has 0 radical (unpaired) electrons. The molecule has 3 saturated carbocycles. The topological polar surface area (TPSA) is 15.3 Å². The first-order chi connectivity index (χ1) is 8.60. The molecule has 0 aliphatic heterocycles. The summed E-state index contributed by atoms with van der Waals surface area (Å²) in [7, 11) is 2.16. The highest BCUT2D eigenvalue weighted by Crippen LogP contribution is 2.43. The highest BCUT2D eigenvalue weighted by Gasteiger charge is 2.43. The van der Waals surface area contributed by atoms with Crippen LogP contribution in [0.3, 0.4) is 0 Å². The van der Waals surface area contributed by atoms with Crippen LogP contribution in [0.2, 0.25) is 0 Å². The molecule has 0 bridgehead atoms. The third-order valence-electron chi connectivity index (χ3n) is 5.51. The molecule has 3 aliphatic carbocycles. The highest BCUT2D eigenvalue weighted by molar-refractivity contribution is 4.98. The molecule has 0 saturated heterocycles. The van der Waals surface area contributed by atoms with E-state index in [1.54, 1.807) is 0 Å². The van der Waals surface area contributed by atoms with E-state index >= 15 is 0 Å². The van der Waals surface area contributed by atoms with Crippen molar-refractivity contribution in [3.05, 3.63) is 0 Å². The zero-order chi connectivity index (χ0) is 12.8. The van der Waals surface area contributed by atoms with Gasteiger partial charge in [-0.15, -0.1) is 0 Å². The Morgan fingerprint density at radius 1 is 1.06 bits per heavy atom. The fourth-order valence-corrected chi connectivity index (χ4v) is 4.09. The second-order valence-corrected chi connectivity index (χ2v) is 7.68. The molecule has 0 amide bonds. The van der Waals surface area contributed by atoms with E-state index in [-0.39, 0.29) is 0 Å². The van der Waals surface area contributed by atoms with Crippen molar-refractivity contribution in [2.75, 3.05) is 20.1 Å². The highest BCUT2D eigenvalue weighted by atomic mass is 15.2. The van der Waals surface area contributed by atoms with Crippen LogP contribution >= 0.6 is 0 Å². The van der Waals surface area contributed by atoms with E-state index < -0.39 is 0 Å². The van der Waals surface area contributed by atoms with Gasteiger partial charge in [0, 0.05) is 25.2 Å². The van der Waals surface area contributed by atoms with Crippen molar-refractivity contribution in [3.63, 3.8) is 0 Å². The van der Waals surface area contributed by atoms with Crippen LogP contribution in [0.25, 0.3) is 0 Å². The Bertz CT molecular complexity index is 291. The summed E-state index contributed by atoms with van der Waals surface area (Å²) in [5.41, 5.74) is 0.494. The number of rotatable bonds is 6. The van der Waals surface area contributed by atoms with Gasteiger partial charge < -0.3 is 5.32 Å². The molecule has 0 aromatic carbocycles. The van der Waals surface area contributed by atoms with Gasteiger partial charge in [0.05, 0.1) is 0 Å². The molecule has 0 aromatic rings. The minimum Gasteiger partial charge on any atom is -0.316 e. The van der Waals surface area contributed by atoms with E-state index in [2.05, 4.69) is 31.1 Å². The van der Waals surface area contributed by atoms with E-state index in [0.29, 0.717) is 5.41 Å². The number of hydrogen-bond donors (Lipinski definition) is 1. The van der Waals surface area contributed by atoms with E-state index in [1.807, 2.05) is 0 Å². The van der Waals surface area contributed by atoms with E-state index in [0.717, 1.165) is 23.9 Å². The molecule has 2 atom stereocenters. The molecular formula is C16H30N2. The van der Waals surface area contributed by atoms with E-state index in [1.165, 1.54) is 51.6 Å². The van der Waals surface area contributed by atoms with Crippen molar-refractivity contribution in [1.29, 1.82) is 0 Å². The molecule has 0 aromatic heterocycles. The summed E-state index contributed by atoms with van der Waals surface area (Å²) in [6.45, 7) is 7.64. The molecular weight excluding hydrogens is 220 g/mol. The molecule has 2 nitrogen and oxygen atoms in total. The Morgan fingerprint density at radius 2 is 1.78 bits per heavy atom. The zero-order valence-electron chi connectivity index (χ0n) is 12.4. The lowest BCUT2D eigenvalue weighted by atomic mass is 9.85. The SMILES string of the molecule is CNC1C(CN(CC2CC2)C2CC2)CCC1(C)C. The van der Waals surface area contributed by atoms with Crippen molar-refractivity contribution < 1.29 is 0 Å². The maximum absolute atomic E-state index is 3.61. The Hall–Kier alpha value is -0.0800. The Balaban J connectivity index is 1.59. The van der Waals surface area contributed by atoms with Crippen molar-refractivity contribution in [2.24, 2.45) is 17.3 Å². The van der Waals surface area contributed by atoms with Crippen LogP contribution < -0.4 is 5.32 Å². The monoisotopic (exact) mass is 250 g/mol. The summed E-state index contributed by atoms with van der Waals surface area (Å²) in [6.07, 6.45) is 8.74. The number of hydrogen-bond acceptors (Lipinski definition) is 2. The predicted octanol–water partition coefficient (Wildman–Crippen LogP) is 2.89. The molecule has 18 heavy (non-hydrogen) atoms. The second kappa shape index (κ2) is 4.79. The summed E-state index contributed by atoms with van der Waals surface area (Å²) in [6, 6.07) is 1.67. The minimum atomic E-state index is 0.494. The van der Waals surface area contributed by atoms with Gasteiger partial charge in [0.1, 0.15) is 0 Å². The van der Waals surface area contributed by atoms with Crippen LogP contribution in [0, 0.1) is 17.3 Å². The molecule has 3 fully saturated rings. The van der Waals surface area contributed by atoms with Gasteiger partial charge in [-0.25, -0.2) is 0 Å². The van der Waals surface area contributed by atoms with E-state index in [9.17, 15) is 0 Å². The van der Waals surface area contributed by atoms with Gasteiger partial charge >= 0.3 is 0 Å². The van der Waals surface area contributed by atoms with Crippen LogP contribution in [-0.4, -0.2) is 37.1 Å². The fraction of sp³-hybridized carbons (Fsp3) is 1.00. The van der Waals surface area contributed by atoms with Crippen LogP contribution in [0.15, 0.2) is 0 Å². The largest absolute Gasteiger partial charge is 0.316 e. The third-order valence-corrected chi connectivity index (χ3v) is 5.51. The standard InChI is InChI=1S/C16H30N2/c1-16(2)9-8-13(15(16)17-3)11-18(14-6-7-14)10-12-4-5-12/h12-15,17H,4-11H2,1-3H3. The predicted molar refractivity (Wildman–Crippen MR) is 76.7 cm³/mol. The molecule has 0 heterocycles. The molecule has 2 heteroatoms. The maximum Gasteiger partial charge on any atom is 0.0156 e. The number of nitrogens with zero attached hydrogens (tertiary/aromatic N) is 1. The molecule has 1 N–H and O–H groups in total. The summed E-state index contributed by atoms with van der Waals surface area (Å²) < 4.78 is 0. The van der Waals surface area contributed by atoms with Crippen molar-refractivity contribution in [2.45, 2.75) is 64.5 Å². The lowest BCUT2D eigenvalue weighted by molar-refractivity contribution is 0.177. The van der Waals surface area contributed by atoms with Crippen LogP contribution in [0.4, 0.5) is 0 Å². The summed E-state index contributed by atoms with van der Waals surface area (Å²) >= 11 is 0. The summed E-state index contributed by atoms with van der Waals surface area (Å²) in [5.74, 6) is 1.93. The van der Waals surface area contributed by atoms with Gasteiger partial charge in [0.25, 0.3) is 0 Å². The second-order valence-electron chi connectivity index (χ2n) is 7.68. The zero-order valence-corrected chi connectivity index (χ0v) is 12.4. The summed E-state index contributed by atoms with van der Waals surface area (Å²) in [5, 5.41) is 3.61. The van der Waals surface area contributed by atoms with Gasteiger partial charge in [-0.3, -0.25) is 4.90 Å². The van der Waals surface area contributed by atoms with Gasteiger partial charge in [-0.2, -0.15) is 0 Å². The smallest absolute Gasteiger partial charge is 0.0156 e. The average molecular weight is 250 g/mol. The Kier molecular flexibility index (Phi) is 3.44. The quantitative estimate of drug-likeness (QED) is 0.780. The molecule has 0 spiro atoms. The fourth-order valence-electron chi connectivity index (χ4n) is 4.09. The van der Waals surface area contributed by atoms with Crippen molar-refractivity contribution >= 4 is 0 Å². The first kappa shape index (κ1) is 12.9. The average Bonchev–Trinajstić information content (AvgIpc) is 3.17. The minimum absolute atomic E-state index is 0.494. The lowest BCUT2D eigenvalue weighted by Crippen LogP contribution is -2.45.